The van der Waals surface area contributed by atoms with Gasteiger partial charge in [-0.05, 0) is 61.9 Å². The number of likely N-dealkylation sites (tertiary alicyclic amines) is 1. The van der Waals surface area contributed by atoms with E-state index in [1.807, 2.05) is 17.0 Å². The van der Waals surface area contributed by atoms with Gasteiger partial charge in [-0.15, -0.1) is 12.4 Å². The second-order valence-electron chi connectivity index (χ2n) is 8.01. The number of hydrogen-bond acceptors (Lipinski definition) is 3. The molecule has 3 heterocycles. The number of anilines is 1. The van der Waals surface area contributed by atoms with Crippen molar-refractivity contribution in [1.29, 1.82) is 0 Å². The van der Waals surface area contributed by atoms with Gasteiger partial charge in [0.25, 0.3) is 0 Å². The first-order valence-electron chi connectivity index (χ1n) is 10.0. The normalized spacial score (nSPS) is 27.9. The summed E-state index contributed by atoms with van der Waals surface area (Å²) in [4.78, 5) is 29.3. The summed E-state index contributed by atoms with van der Waals surface area (Å²) in [6, 6.07) is 8.14. The first kappa shape index (κ1) is 20.2. The number of nitrogens with one attached hydrogen (secondary N) is 1. The van der Waals surface area contributed by atoms with Crippen LogP contribution < -0.4 is 10.2 Å². The summed E-state index contributed by atoms with van der Waals surface area (Å²) < 4.78 is 0. The number of benzene rings is 1. The lowest BCUT2D eigenvalue weighted by Gasteiger charge is -2.24. The fourth-order valence-corrected chi connectivity index (χ4v) is 4.73. The molecule has 0 spiro atoms. The molecule has 2 amide bonds. The lowest BCUT2D eigenvalue weighted by atomic mass is 9.92. The molecule has 3 saturated heterocycles. The van der Waals surface area contributed by atoms with Gasteiger partial charge in [-0.1, -0.05) is 19.1 Å². The summed E-state index contributed by atoms with van der Waals surface area (Å²) >= 11 is 0. The van der Waals surface area contributed by atoms with E-state index in [1.54, 1.807) is 4.90 Å². The van der Waals surface area contributed by atoms with Crippen LogP contribution >= 0.6 is 12.4 Å². The van der Waals surface area contributed by atoms with Crippen molar-refractivity contribution in [2.45, 2.75) is 32.6 Å². The summed E-state index contributed by atoms with van der Waals surface area (Å²) in [5.74, 6) is 1.49. The van der Waals surface area contributed by atoms with Crippen molar-refractivity contribution >= 4 is 29.9 Å². The maximum absolute atomic E-state index is 13.0. The number of aryl methyl sites for hydroxylation is 1. The molecule has 1 unspecified atom stereocenters. The Morgan fingerprint density at radius 2 is 1.74 bits per heavy atom. The van der Waals surface area contributed by atoms with E-state index in [-0.39, 0.29) is 30.1 Å². The zero-order chi connectivity index (χ0) is 18.1. The van der Waals surface area contributed by atoms with Gasteiger partial charge in [0.15, 0.2) is 0 Å². The van der Waals surface area contributed by atoms with Crippen molar-refractivity contribution < 1.29 is 9.59 Å². The van der Waals surface area contributed by atoms with Crippen LogP contribution in [-0.4, -0.2) is 49.4 Å². The molecule has 1 N–H and O–H groups in total. The van der Waals surface area contributed by atoms with Gasteiger partial charge in [0.05, 0.1) is 5.92 Å². The van der Waals surface area contributed by atoms with E-state index in [0.29, 0.717) is 24.8 Å². The predicted octanol–water partition coefficient (Wildman–Crippen LogP) is 2.48. The van der Waals surface area contributed by atoms with Gasteiger partial charge < -0.3 is 15.1 Å². The van der Waals surface area contributed by atoms with Gasteiger partial charge >= 0.3 is 0 Å². The third-order valence-electron chi connectivity index (χ3n) is 6.46. The number of rotatable bonds is 3. The van der Waals surface area contributed by atoms with E-state index in [1.165, 1.54) is 5.56 Å². The highest BCUT2D eigenvalue weighted by Crippen LogP contribution is 2.30. The molecule has 1 aromatic rings. The third kappa shape index (κ3) is 4.14. The topological polar surface area (TPSA) is 52.7 Å². The number of nitrogens with zero attached hydrogens (tertiary/aromatic N) is 2. The van der Waals surface area contributed by atoms with Crippen LogP contribution in [0, 0.1) is 17.8 Å². The zero-order valence-corrected chi connectivity index (χ0v) is 16.8. The molecule has 0 radical (unpaired) electrons. The zero-order valence-electron chi connectivity index (χ0n) is 16.0. The van der Waals surface area contributed by atoms with Crippen LogP contribution in [0.25, 0.3) is 0 Å². The molecule has 3 aliphatic heterocycles. The van der Waals surface area contributed by atoms with Gasteiger partial charge in [0.1, 0.15) is 0 Å². The molecule has 0 aliphatic carbocycles. The smallest absolute Gasteiger partial charge is 0.228 e. The van der Waals surface area contributed by atoms with E-state index in [2.05, 4.69) is 24.4 Å². The highest BCUT2D eigenvalue weighted by Gasteiger charge is 2.39. The summed E-state index contributed by atoms with van der Waals surface area (Å²) in [5, 5.41) is 3.47. The van der Waals surface area contributed by atoms with Gasteiger partial charge in [-0.25, -0.2) is 0 Å². The minimum Gasteiger partial charge on any atom is -0.342 e. The SMILES string of the molecule is CCc1ccc(N2CC(C(=O)N3CC[C@@H]4CNC[C@@H]4CC3)CC2=O)cc1.Cl. The van der Waals surface area contributed by atoms with Crippen molar-refractivity contribution in [3.05, 3.63) is 29.8 Å². The molecule has 5 nitrogen and oxygen atoms in total. The van der Waals surface area contributed by atoms with Crippen LogP contribution in [0.2, 0.25) is 0 Å². The molecule has 0 saturated carbocycles. The number of amides is 2. The Morgan fingerprint density at radius 1 is 1.11 bits per heavy atom. The highest BCUT2D eigenvalue weighted by atomic mass is 35.5. The van der Waals surface area contributed by atoms with Gasteiger partial charge in [0.2, 0.25) is 11.8 Å². The highest BCUT2D eigenvalue weighted by molar-refractivity contribution is 6.00. The Kier molecular flexibility index (Phi) is 6.43. The molecular formula is C21H30ClN3O2. The Hall–Kier alpha value is -1.59. The maximum Gasteiger partial charge on any atom is 0.228 e. The largest absolute Gasteiger partial charge is 0.342 e. The monoisotopic (exact) mass is 391 g/mol. The number of carbonyl (C=O) groups excluding carboxylic acids is 2. The van der Waals surface area contributed by atoms with Crippen LogP contribution in [0.15, 0.2) is 24.3 Å². The number of fused-ring (bicyclic) bond motifs is 1. The summed E-state index contributed by atoms with van der Waals surface area (Å²) in [6.45, 7) is 6.52. The number of halogens is 1. The lowest BCUT2D eigenvalue weighted by molar-refractivity contribution is -0.135. The average molecular weight is 392 g/mol. The quantitative estimate of drug-likeness (QED) is 0.861. The fraction of sp³-hybridized carbons (Fsp3) is 0.619. The Bertz CT molecular complexity index is 665. The number of hydrogen-bond donors (Lipinski definition) is 1. The molecule has 3 atom stereocenters. The van der Waals surface area contributed by atoms with Crippen molar-refractivity contribution in [1.82, 2.24) is 10.2 Å². The minimum atomic E-state index is -0.190. The van der Waals surface area contributed by atoms with E-state index < -0.39 is 0 Å². The molecule has 0 aromatic heterocycles. The van der Waals surface area contributed by atoms with E-state index in [4.69, 9.17) is 0 Å². The molecule has 27 heavy (non-hydrogen) atoms. The first-order chi connectivity index (χ1) is 12.7. The molecule has 0 bridgehead atoms. The van der Waals surface area contributed by atoms with Gasteiger partial charge in [-0.3, -0.25) is 9.59 Å². The summed E-state index contributed by atoms with van der Waals surface area (Å²) in [7, 11) is 0. The lowest BCUT2D eigenvalue weighted by Crippen LogP contribution is -2.38. The predicted molar refractivity (Wildman–Crippen MR) is 109 cm³/mol. The summed E-state index contributed by atoms with van der Waals surface area (Å²) in [5.41, 5.74) is 2.18. The number of carbonyl (C=O) groups is 2. The van der Waals surface area contributed by atoms with Gasteiger partial charge in [0, 0.05) is 31.7 Å². The van der Waals surface area contributed by atoms with E-state index in [9.17, 15) is 9.59 Å². The second-order valence-corrected chi connectivity index (χ2v) is 8.01. The van der Waals surface area contributed by atoms with Crippen LogP contribution in [0.4, 0.5) is 5.69 Å². The van der Waals surface area contributed by atoms with E-state index in [0.717, 1.165) is 51.1 Å². The average Bonchev–Trinajstić information content (AvgIpc) is 3.23. The maximum atomic E-state index is 13.0. The van der Waals surface area contributed by atoms with Crippen LogP contribution in [0.1, 0.15) is 31.7 Å². The van der Waals surface area contributed by atoms with Crippen molar-refractivity contribution in [2.24, 2.45) is 17.8 Å². The van der Waals surface area contributed by atoms with Crippen LogP contribution in [0.3, 0.4) is 0 Å². The van der Waals surface area contributed by atoms with Crippen molar-refractivity contribution in [3.63, 3.8) is 0 Å². The third-order valence-corrected chi connectivity index (χ3v) is 6.46. The van der Waals surface area contributed by atoms with Gasteiger partial charge in [-0.2, -0.15) is 0 Å². The van der Waals surface area contributed by atoms with Crippen LogP contribution in [-0.2, 0) is 16.0 Å². The molecular weight excluding hydrogens is 362 g/mol. The van der Waals surface area contributed by atoms with E-state index >= 15 is 0 Å². The van der Waals surface area contributed by atoms with Crippen molar-refractivity contribution in [3.8, 4) is 0 Å². The Morgan fingerprint density at radius 3 is 2.33 bits per heavy atom. The Labute approximate surface area is 167 Å². The van der Waals surface area contributed by atoms with Crippen LogP contribution in [0.5, 0.6) is 0 Å². The second kappa shape index (κ2) is 8.61. The standard InChI is InChI=1S/C21H29N3O2.ClH/c1-2-15-3-5-19(6-4-15)24-14-18(11-20(24)25)21(26)23-9-7-16-12-22-13-17(16)8-10-23;/h3-6,16-18,22H,2,7-14H2,1H3;1H/t16-,17+,18?;. The first-order valence-corrected chi connectivity index (χ1v) is 10.0. The molecule has 1 aromatic carbocycles. The molecule has 4 rings (SSSR count). The minimum absolute atomic E-state index is 0. The fourth-order valence-electron chi connectivity index (χ4n) is 4.73. The van der Waals surface area contributed by atoms with Crippen molar-refractivity contribution in [2.75, 3.05) is 37.6 Å². The molecule has 3 fully saturated rings. The molecule has 3 aliphatic rings. The molecule has 148 valence electrons. The summed E-state index contributed by atoms with van der Waals surface area (Å²) in [6.07, 6.45) is 3.51. The Balaban J connectivity index is 0.00000210. The molecule has 6 heteroatoms.